The lowest BCUT2D eigenvalue weighted by atomic mass is 9.87. The number of rotatable bonds is 6. The van der Waals surface area contributed by atoms with Gasteiger partial charge in [-0.3, -0.25) is 4.79 Å². The predicted octanol–water partition coefficient (Wildman–Crippen LogP) is 7.78. The molecule has 1 aliphatic rings. The average Bonchev–Trinajstić information content (AvgIpc) is 3.11. The summed E-state index contributed by atoms with van der Waals surface area (Å²) in [6.45, 7) is 8.37. The van der Waals surface area contributed by atoms with Crippen LogP contribution in [0.25, 0.3) is 11.0 Å². The van der Waals surface area contributed by atoms with Crippen LogP contribution in [0.1, 0.15) is 70.0 Å². The largest absolute Gasteiger partial charge is 0.573 e. The Kier molecular flexibility index (Phi) is 8.87. The van der Waals surface area contributed by atoms with Crippen molar-refractivity contribution in [2.24, 2.45) is 5.92 Å². The monoisotopic (exact) mass is 505 g/mol. The van der Waals surface area contributed by atoms with E-state index in [4.69, 9.17) is 4.98 Å². The van der Waals surface area contributed by atoms with Gasteiger partial charge in [-0.05, 0) is 73.2 Å². The summed E-state index contributed by atoms with van der Waals surface area (Å²) in [7, 11) is 0. The van der Waals surface area contributed by atoms with E-state index >= 15 is 0 Å². The van der Waals surface area contributed by atoms with Crippen LogP contribution in [0.15, 0.2) is 36.4 Å². The number of aryl methyl sites for hydroxylation is 1. The smallest absolute Gasteiger partial charge is 0.481 e. The molecule has 0 bridgehead atoms. The van der Waals surface area contributed by atoms with Crippen molar-refractivity contribution in [2.75, 3.05) is 5.32 Å². The Morgan fingerprint density at radius 1 is 1.19 bits per heavy atom. The molecular formula is C27H34F3N3O3. The number of carboxylic acids is 1. The zero-order chi connectivity index (χ0) is 26.5. The number of carboxylic acid groups (broad SMARTS) is 1. The van der Waals surface area contributed by atoms with Gasteiger partial charge in [0.15, 0.2) is 0 Å². The summed E-state index contributed by atoms with van der Waals surface area (Å²) >= 11 is 0. The minimum Gasteiger partial charge on any atom is -0.481 e. The summed E-state index contributed by atoms with van der Waals surface area (Å²) < 4.78 is 43.5. The number of anilines is 2. The van der Waals surface area contributed by atoms with E-state index in [0.717, 1.165) is 30.3 Å². The number of halogens is 3. The highest BCUT2D eigenvalue weighted by molar-refractivity contribution is 5.83. The number of benzene rings is 2. The van der Waals surface area contributed by atoms with Gasteiger partial charge in [-0.15, -0.1) is 13.2 Å². The number of fused-ring (bicyclic) bond motifs is 1. The third kappa shape index (κ3) is 7.15. The number of carbonyl (C=O) groups is 1. The van der Waals surface area contributed by atoms with Gasteiger partial charge < -0.3 is 19.7 Å². The molecule has 0 radical (unpaired) electrons. The molecule has 2 unspecified atom stereocenters. The normalized spacial score (nSPS) is 17.9. The first kappa shape index (κ1) is 27.4. The SMILES string of the molecule is CCC.Cc1cc2c(cc1CC(=O)O)nc(Nc1ccc(OC(F)(F)F)cc1)n2C1CCCC(C)C1. The fourth-order valence-corrected chi connectivity index (χ4v) is 4.61. The Morgan fingerprint density at radius 2 is 1.86 bits per heavy atom. The van der Waals surface area contributed by atoms with Crippen molar-refractivity contribution in [2.45, 2.75) is 78.6 Å². The van der Waals surface area contributed by atoms with Crippen molar-refractivity contribution in [3.63, 3.8) is 0 Å². The van der Waals surface area contributed by atoms with Crippen molar-refractivity contribution in [1.82, 2.24) is 9.55 Å². The molecule has 1 fully saturated rings. The molecule has 0 amide bonds. The second-order valence-corrected chi connectivity index (χ2v) is 9.47. The zero-order valence-electron chi connectivity index (χ0n) is 21.2. The first-order valence-corrected chi connectivity index (χ1v) is 12.4. The Labute approximate surface area is 209 Å². The van der Waals surface area contributed by atoms with E-state index in [9.17, 15) is 23.1 Å². The minimum atomic E-state index is -4.74. The molecule has 3 aromatic rings. The molecule has 1 heterocycles. The highest BCUT2D eigenvalue weighted by atomic mass is 19.4. The summed E-state index contributed by atoms with van der Waals surface area (Å²) in [5.41, 5.74) is 3.77. The molecule has 1 saturated carbocycles. The first-order chi connectivity index (χ1) is 17.0. The number of nitrogens with one attached hydrogen (secondary N) is 1. The first-order valence-electron chi connectivity index (χ1n) is 12.4. The highest BCUT2D eigenvalue weighted by Gasteiger charge is 2.31. The number of alkyl halides is 3. The maximum Gasteiger partial charge on any atom is 0.573 e. The molecule has 0 spiro atoms. The summed E-state index contributed by atoms with van der Waals surface area (Å²) in [4.78, 5) is 16.0. The Hall–Kier alpha value is -3.23. The van der Waals surface area contributed by atoms with Crippen LogP contribution >= 0.6 is 0 Å². The van der Waals surface area contributed by atoms with E-state index in [1.165, 1.54) is 37.1 Å². The molecule has 1 aromatic heterocycles. The molecule has 0 aliphatic heterocycles. The van der Waals surface area contributed by atoms with Gasteiger partial charge >= 0.3 is 12.3 Å². The third-order valence-electron chi connectivity index (χ3n) is 6.11. The number of nitrogens with zero attached hydrogens (tertiary/aromatic N) is 2. The second kappa shape index (κ2) is 11.7. The molecule has 2 aromatic carbocycles. The van der Waals surface area contributed by atoms with Crippen molar-refractivity contribution < 1.29 is 27.8 Å². The lowest BCUT2D eigenvalue weighted by Crippen LogP contribution is -2.19. The fraction of sp³-hybridized carbons (Fsp3) is 0.481. The summed E-state index contributed by atoms with van der Waals surface area (Å²) in [6.07, 6.45) is 0.691. The van der Waals surface area contributed by atoms with Gasteiger partial charge in [-0.25, -0.2) is 4.98 Å². The predicted molar refractivity (Wildman–Crippen MR) is 135 cm³/mol. The van der Waals surface area contributed by atoms with Gasteiger partial charge in [0, 0.05) is 11.7 Å². The summed E-state index contributed by atoms with van der Waals surface area (Å²) in [6, 6.07) is 9.53. The number of aliphatic carboxylic acids is 1. The maximum absolute atomic E-state index is 12.5. The van der Waals surface area contributed by atoms with Gasteiger partial charge in [0.05, 0.1) is 17.5 Å². The Balaban J connectivity index is 0.00000115. The van der Waals surface area contributed by atoms with E-state index < -0.39 is 12.3 Å². The number of hydrogen-bond donors (Lipinski definition) is 2. The minimum absolute atomic E-state index is 0.0848. The van der Waals surface area contributed by atoms with Crippen LogP contribution < -0.4 is 10.1 Å². The van der Waals surface area contributed by atoms with Crippen molar-refractivity contribution in [1.29, 1.82) is 0 Å². The Morgan fingerprint density at radius 3 is 2.44 bits per heavy atom. The molecule has 0 saturated heterocycles. The van der Waals surface area contributed by atoms with Crippen LogP contribution in [0.4, 0.5) is 24.8 Å². The van der Waals surface area contributed by atoms with Gasteiger partial charge in [0.25, 0.3) is 0 Å². The van der Waals surface area contributed by atoms with E-state index in [1.54, 1.807) is 0 Å². The molecular weight excluding hydrogens is 471 g/mol. The van der Waals surface area contributed by atoms with Crippen LogP contribution in [0.5, 0.6) is 5.75 Å². The Bertz CT molecular complexity index is 1170. The molecule has 196 valence electrons. The van der Waals surface area contributed by atoms with Crippen LogP contribution in [0.3, 0.4) is 0 Å². The summed E-state index contributed by atoms with van der Waals surface area (Å²) in [5.74, 6) is -0.0465. The number of aromatic nitrogens is 2. The summed E-state index contributed by atoms with van der Waals surface area (Å²) in [5, 5.41) is 12.5. The fourth-order valence-electron chi connectivity index (χ4n) is 4.61. The quantitative estimate of drug-likeness (QED) is 0.358. The van der Waals surface area contributed by atoms with Gasteiger partial charge in [0.2, 0.25) is 5.95 Å². The van der Waals surface area contributed by atoms with Gasteiger partial charge in [0.1, 0.15) is 5.75 Å². The van der Waals surface area contributed by atoms with E-state index in [1.807, 2.05) is 19.1 Å². The molecule has 9 heteroatoms. The van der Waals surface area contributed by atoms with Gasteiger partial charge in [-0.1, -0.05) is 40.0 Å². The molecule has 1 aliphatic carbocycles. The van der Waals surface area contributed by atoms with Crippen LogP contribution in [-0.4, -0.2) is 27.0 Å². The molecule has 2 N–H and O–H groups in total. The molecule has 2 atom stereocenters. The lowest BCUT2D eigenvalue weighted by Gasteiger charge is -2.29. The lowest BCUT2D eigenvalue weighted by molar-refractivity contribution is -0.274. The van der Waals surface area contributed by atoms with Crippen LogP contribution in [-0.2, 0) is 11.2 Å². The average molecular weight is 506 g/mol. The van der Waals surface area contributed by atoms with E-state index in [2.05, 4.69) is 35.4 Å². The zero-order valence-corrected chi connectivity index (χ0v) is 21.2. The number of ether oxygens (including phenoxy) is 1. The standard InChI is InChI=1S/C24H26F3N3O3.C3H8/c1-14-4-3-5-18(10-14)30-21-11-15(2)16(13-22(31)32)12-20(21)29-23(30)28-17-6-8-19(9-7-17)33-24(25,26)27;1-3-2/h6-9,11-12,14,18H,3-5,10,13H2,1-2H3,(H,28,29)(H,31,32);3H2,1-2H3. The highest BCUT2D eigenvalue weighted by Crippen LogP contribution is 2.38. The van der Waals surface area contributed by atoms with E-state index in [-0.39, 0.29) is 18.2 Å². The van der Waals surface area contributed by atoms with Crippen molar-refractivity contribution in [3.05, 3.63) is 47.5 Å². The topological polar surface area (TPSA) is 76.4 Å². The number of imidazole rings is 1. The molecule has 6 nitrogen and oxygen atoms in total. The van der Waals surface area contributed by atoms with Crippen molar-refractivity contribution >= 4 is 28.6 Å². The maximum atomic E-state index is 12.5. The van der Waals surface area contributed by atoms with Gasteiger partial charge in [-0.2, -0.15) is 0 Å². The third-order valence-corrected chi connectivity index (χ3v) is 6.11. The van der Waals surface area contributed by atoms with Crippen molar-refractivity contribution in [3.8, 4) is 5.75 Å². The molecule has 36 heavy (non-hydrogen) atoms. The second-order valence-electron chi connectivity index (χ2n) is 9.47. The van der Waals surface area contributed by atoms with E-state index in [0.29, 0.717) is 28.6 Å². The number of hydrogen-bond acceptors (Lipinski definition) is 4. The molecule has 4 rings (SSSR count). The van der Waals surface area contributed by atoms with Crippen LogP contribution in [0.2, 0.25) is 0 Å². The van der Waals surface area contributed by atoms with Crippen LogP contribution in [0, 0.1) is 12.8 Å².